The highest BCUT2D eigenvalue weighted by molar-refractivity contribution is 6.21. The van der Waals surface area contributed by atoms with Gasteiger partial charge in [0.2, 0.25) is 0 Å². The lowest BCUT2D eigenvalue weighted by atomic mass is 9.81. The Labute approximate surface area is 355 Å². The normalized spacial score (nSPS) is 12.9. The van der Waals surface area contributed by atoms with E-state index in [1.165, 1.54) is 99.4 Å². The van der Waals surface area contributed by atoms with Gasteiger partial charge in [-0.25, -0.2) is 0 Å². The molecule has 0 saturated heterocycles. The number of pyridine rings is 2. The smallest absolute Gasteiger partial charge is 0.0792 e. The predicted octanol–water partition coefficient (Wildman–Crippen LogP) is 15.7. The van der Waals surface area contributed by atoms with Gasteiger partial charge in [-0.05, 0) is 107 Å². The van der Waals surface area contributed by atoms with E-state index in [4.69, 9.17) is 9.97 Å². The Morgan fingerprint density at radius 2 is 0.689 bits per heavy atom. The van der Waals surface area contributed by atoms with Gasteiger partial charge in [-0.3, -0.25) is 9.97 Å². The van der Waals surface area contributed by atoms with E-state index >= 15 is 0 Å². The highest BCUT2D eigenvalue weighted by Gasteiger charge is 2.35. The summed E-state index contributed by atoms with van der Waals surface area (Å²) < 4.78 is 0. The van der Waals surface area contributed by atoms with Crippen molar-refractivity contribution in [1.82, 2.24) is 9.97 Å². The Morgan fingerprint density at radius 1 is 0.295 bits per heavy atom. The summed E-state index contributed by atoms with van der Waals surface area (Å²) in [7, 11) is 0. The first-order chi connectivity index (χ1) is 30.0. The van der Waals surface area contributed by atoms with Gasteiger partial charge in [0.05, 0.1) is 11.0 Å². The molecular formula is C59H40N2. The van der Waals surface area contributed by atoms with Gasteiger partial charge in [-0.15, -0.1) is 0 Å². The summed E-state index contributed by atoms with van der Waals surface area (Å²) >= 11 is 0. The zero-order valence-electron chi connectivity index (χ0n) is 34.0. The topological polar surface area (TPSA) is 25.8 Å². The Hall–Kier alpha value is -7.68. The summed E-state index contributed by atoms with van der Waals surface area (Å²) in [5.41, 5.74) is 19.3. The van der Waals surface area contributed by atoms with Crippen molar-refractivity contribution in [1.29, 1.82) is 0 Å². The zero-order chi connectivity index (χ0) is 40.7. The molecule has 2 heteroatoms. The van der Waals surface area contributed by atoms with Crippen molar-refractivity contribution in [3.05, 3.63) is 218 Å². The standard InChI is InChI=1S/C59H40N2/c1-59(2)51-23-11-10-16-43(51)44-33-32-42(36-52(44)59)56-48-20-9-7-18-46(48)54(50-22-13-35-61-58(50)56)41-30-26-38(27-31-41)37-24-28-40(29-25-37)53-45-17-6-8-19-47(45)55(39-14-4-3-5-15-39)57-49(53)21-12-34-60-57/h3-36H,1-2H3. The third-order valence-electron chi connectivity index (χ3n) is 13.2. The number of hydrogen-bond acceptors (Lipinski definition) is 2. The molecule has 9 aromatic carbocycles. The van der Waals surface area contributed by atoms with Crippen LogP contribution in [0.25, 0.3) is 110 Å². The van der Waals surface area contributed by atoms with Crippen LogP contribution < -0.4 is 0 Å². The van der Waals surface area contributed by atoms with E-state index in [-0.39, 0.29) is 5.41 Å². The molecular weight excluding hydrogens is 737 g/mol. The number of rotatable bonds is 5. The van der Waals surface area contributed by atoms with Crippen LogP contribution in [0.3, 0.4) is 0 Å². The monoisotopic (exact) mass is 776 g/mol. The molecule has 2 heterocycles. The lowest BCUT2D eigenvalue weighted by molar-refractivity contribution is 0.660. The van der Waals surface area contributed by atoms with Gasteiger partial charge < -0.3 is 0 Å². The number of hydrogen-bond donors (Lipinski definition) is 0. The van der Waals surface area contributed by atoms with Crippen molar-refractivity contribution < 1.29 is 0 Å². The van der Waals surface area contributed by atoms with E-state index in [1.54, 1.807) is 0 Å². The predicted molar refractivity (Wildman–Crippen MR) is 257 cm³/mol. The fraction of sp³-hybridized carbons (Fsp3) is 0.0508. The molecule has 0 aliphatic heterocycles. The third-order valence-corrected chi connectivity index (χ3v) is 13.2. The van der Waals surface area contributed by atoms with E-state index in [0.717, 1.165) is 21.8 Å². The second-order valence-corrected chi connectivity index (χ2v) is 16.8. The number of nitrogens with zero attached hydrogens (tertiary/aromatic N) is 2. The Morgan fingerprint density at radius 3 is 1.25 bits per heavy atom. The lowest BCUT2D eigenvalue weighted by Crippen LogP contribution is -2.14. The third kappa shape index (κ3) is 5.42. The van der Waals surface area contributed by atoms with Crippen molar-refractivity contribution in [2.75, 3.05) is 0 Å². The minimum absolute atomic E-state index is 0.0860. The molecule has 0 unspecified atom stereocenters. The van der Waals surface area contributed by atoms with Crippen LogP contribution in [0.1, 0.15) is 25.0 Å². The molecule has 0 bridgehead atoms. The molecule has 0 saturated carbocycles. The maximum absolute atomic E-state index is 5.12. The number of fused-ring (bicyclic) bond motifs is 7. The van der Waals surface area contributed by atoms with Gasteiger partial charge in [0.15, 0.2) is 0 Å². The van der Waals surface area contributed by atoms with Crippen molar-refractivity contribution >= 4 is 43.4 Å². The number of aromatic nitrogens is 2. The van der Waals surface area contributed by atoms with E-state index < -0.39 is 0 Å². The molecule has 0 atom stereocenters. The Balaban J connectivity index is 0.944. The highest BCUT2D eigenvalue weighted by Crippen LogP contribution is 2.51. The first-order valence-electron chi connectivity index (χ1n) is 21.1. The number of benzene rings is 9. The highest BCUT2D eigenvalue weighted by atomic mass is 14.7. The van der Waals surface area contributed by atoms with Crippen LogP contribution in [-0.2, 0) is 5.41 Å². The molecule has 0 amide bonds. The first kappa shape index (κ1) is 35.3. The maximum Gasteiger partial charge on any atom is 0.0792 e. The van der Waals surface area contributed by atoms with Crippen LogP contribution in [0.5, 0.6) is 0 Å². The largest absolute Gasteiger partial charge is 0.256 e. The quantitative estimate of drug-likeness (QED) is 0.163. The molecule has 1 aliphatic rings. The Bertz CT molecular complexity index is 3410. The summed E-state index contributed by atoms with van der Waals surface area (Å²) in [6.45, 7) is 4.70. The van der Waals surface area contributed by atoms with Crippen LogP contribution in [-0.4, -0.2) is 9.97 Å². The molecule has 0 fully saturated rings. The van der Waals surface area contributed by atoms with Gasteiger partial charge in [-0.1, -0.05) is 190 Å². The minimum atomic E-state index is -0.0860. The van der Waals surface area contributed by atoms with Crippen molar-refractivity contribution in [2.45, 2.75) is 19.3 Å². The average Bonchev–Trinajstić information content (AvgIpc) is 3.55. The van der Waals surface area contributed by atoms with Crippen molar-refractivity contribution in [2.24, 2.45) is 0 Å². The Kier molecular flexibility index (Phi) is 7.92. The summed E-state index contributed by atoms with van der Waals surface area (Å²) in [5, 5.41) is 7.19. The van der Waals surface area contributed by atoms with Gasteiger partial charge in [0.1, 0.15) is 0 Å². The van der Waals surface area contributed by atoms with Gasteiger partial charge in [0, 0.05) is 39.7 Å². The van der Waals surface area contributed by atoms with E-state index in [9.17, 15) is 0 Å². The SMILES string of the molecule is CC1(C)c2ccccc2-c2ccc(-c3c4ccccc4c(-c4ccc(-c5ccc(-c6c7ccccc7c(-c7ccccc7)c7ncccc67)cc5)cc4)c4cccnc34)cc21. The molecule has 0 spiro atoms. The zero-order valence-corrected chi connectivity index (χ0v) is 34.0. The first-order valence-corrected chi connectivity index (χ1v) is 21.1. The van der Waals surface area contributed by atoms with Crippen LogP contribution in [0.2, 0.25) is 0 Å². The molecule has 12 rings (SSSR count). The lowest BCUT2D eigenvalue weighted by Gasteiger charge is -2.22. The average molecular weight is 777 g/mol. The molecule has 2 nitrogen and oxygen atoms in total. The molecule has 286 valence electrons. The van der Waals surface area contributed by atoms with Crippen LogP contribution >= 0.6 is 0 Å². The van der Waals surface area contributed by atoms with Gasteiger partial charge in [0.25, 0.3) is 0 Å². The van der Waals surface area contributed by atoms with Crippen molar-refractivity contribution in [3.8, 4) is 66.8 Å². The summed E-state index contributed by atoms with van der Waals surface area (Å²) in [6.07, 6.45) is 3.84. The molecule has 0 radical (unpaired) electrons. The van der Waals surface area contributed by atoms with E-state index in [0.29, 0.717) is 0 Å². The summed E-state index contributed by atoms with van der Waals surface area (Å²) in [5.74, 6) is 0. The van der Waals surface area contributed by atoms with Crippen LogP contribution in [0, 0.1) is 0 Å². The second-order valence-electron chi connectivity index (χ2n) is 16.8. The van der Waals surface area contributed by atoms with Crippen LogP contribution in [0.15, 0.2) is 207 Å². The molecule has 61 heavy (non-hydrogen) atoms. The molecule has 1 aliphatic carbocycles. The van der Waals surface area contributed by atoms with Crippen molar-refractivity contribution in [3.63, 3.8) is 0 Å². The fourth-order valence-corrected chi connectivity index (χ4v) is 10.3. The maximum atomic E-state index is 5.12. The van der Waals surface area contributed by atoms with E-state index in [1.807, 2.05) is 18.5 Å². The molecule has 2 aromatic heterocycles. The fourth-order valence-electron chi connectivity index (χ4n) is 10.3. The summed E-state index contributed by atoms with van der Waals surface area (Å²) in [4.78, 5) is 10.1. The van der Waals surface area contributed by atoms with Gasteiger partial charge >= 0.3 is 0 Å². The molecule has 11 aromatic rings. The van der Waals surface area contributed by atoms with E-state index in [2.05, 4.69) is 202 Å². The minimum Gasteiger partial charge on any atom is -0.256 e. The second kappa shape index (κ2) is 13.7. The van der Waals surface area contributed by atoms with Crippen LogP contribution in [0.4, 0.5) is 0 Å². The molecule has 0 N–H and O–H groups in total. The van der Waals surface area contributed by atoms with Gasteiger partial charge in [-0.2, -0.15) is 0 Å². The summed E-state index contributed by atoms with van der Waals surface area (Å²) in [6, 6.07) is 70.8.